The van der Waals surface area contributed by atoms with Crippen molar-refractivity contribution in [2.24, 2.45) is 5.41 Å². The van der Waals surface area contributed by atoms with Gasteiger partial charge in [0.1, 0.15) is 24.7 Å². The summed E-state index contributed by atoms with van der Waals surface area (Å²) < 4.78 is 12.2. The molecule has 0 spiro atoms. The van der Waals surface area contributed by atoms with Crippen LogP contribution in [0, 0.1) is 5.41 Å². The molecule has 200 valence electrons. The summed E-state index contributed by atoms with van der Waals surface area (Å²) in [5.41, 5.74) is 1.67. The molecule has 1 heterocycles. The van der Waals surface area contributed by atoms with Crippen molar-refractivity contribution in [3.8, 4) is 5.75 Å². The van der Waals surface area contributed by atoms with E-state index >= 15 is 0 Å². The Balaban J connectivity index is 0.00000316. The van der Waals surface area contributed by atoms with Crippen LogP contribution in [0.25, 0.3) is 0 Å². The summed E-state index contributed by atoms with van der Waals surface area (Å²) in [4.78, 5) is 23.8. The van der Waals surface area contributed by atoms with Gasteiger partial charge in [0.2, 0.25) is 0 Å². The summed E-state index contributed by atoms with van der Waals surface area (Å²) in [6.07, 6.45) is 9.20. The van der Waals surface area contributed by atoms with Gasteiger partial charge < -0.3 is 14.6 Å². The van der Waals surface area contributed by atoms with E-state index in [1.165, 1.54) is 0 Å². The van der Waals surface area contributed by atoms with Crippen LogP contribution in [-0.4, -0.2) is 30.1 Å². The topological polar surface area (TPSA) is 72.8 Å². The van der Waals surface area contributed by atoms with E-state index in [1.807, 2.05) is 46.8 Å². The Morgan fingerprint density at radius 2 is 1.72 bits per heavy atom. The van der Waals surface area contributed by atoms with Crippen LogP contribution in [0.5, 0.6) is 5.75 Å². The number of aliphatic carboxylic acids is 1. The SMILES string of the molecule is CC.CCC(CC)(/C1=C/C/C=C(C(=O)O)\C=C/CO1)c1ccc(OCC(=O)C(C)(C)C)c(C(C)C)c1. The zero-order chi connectivity index (χ0) is 27.5. The second-order valence-electron chi connectivity index (χ2n) is 10.1. The molecule has 1 N–H and O–H groups in total. The molecule has 1 aromatic carbocycles. The van der Waals surface area contributed by atoms with Crippen molar-refractivity contribution in [2.45, 2.75) is 92.9 Å². The number of benzene rings is 1. The van der Waals surface area contributed by atoms with Crippen molar-refractivity contribution in [3.05, 3.63) is 65.0 Å². The fourth-order valence-electron chi connectivity index (χ4n) is 4.16. The molecule has 1 aromatic rings. The predicted octanol–water partition coefficient (Wildman–Crippen LogP) is 7.76. The second-order valence-corrected chi connectivity index (χ2v) is 10.1. The largest absolute Gasteiger partial charge is 0.493 e. The number of rotatable bonds is 9. The Labute approximate surface area is 218 Å². The Morgan fingerprint density at radius 3 is 2.25 bits per heavy atom. The molecule has 0 amide bonds. The number of hydrogen-bond acceptors (Lipinski definition) is 4. The summed E-state index contributed by atoms with van der Waals surface area (Å²) in [5.74, 6) is 0.932. The van der Waals surface area contributed by atoms with Crippen molar-refractivity contribution in [2.75, 3.05) is 13.2 Å². The molecule has 1 aliphatic rings. The van der Waals surface area contributed by atoms with Gasteiger partial charge in [0.25, 0.3) is 0 Å². The number of carboxylic acids is 1. The van der Waals surface area contributed by atoms with E-state index in [9.17, 15) is 14.7 Å². The van der Waals surface area contributed by atoms with Crippen LogP contribution in [-0.2, 0) is 19.7 Å². The van der Waals surface area contributed by atoms with Crippen LogP contribution < -0.4 is 4.74 Å². The summed E-state index contributed by atoms with van der Waals surface area (Å²) in [6, 6.07) is 6.22. The maximum Gasteiger partial charge on any atom is 0.335 e. The van der Waals surface area contributed by atoms with Crippen molar-refractivity contribution < 1.29 is 24.2 Å². The highest BCUT2D eigenvalue weighted by molar-refractivity contribution is 5.89. The first-order chi connectivity index (χ1) is 17.0. The molecule has 2 rings (SSSR count). The fourth-order valence-corrected chi connectivity index (χ4v) is 4.16. The Kier molecular flexibility index (Phi) is 12.2. The van der Waals surface area contributed by atoms with Gasteiger partial charge in [-0.3, -0.25) is 4.79 Å². The summed E-state index contributed by atoms with van der Waals surface area (Å²) >= 11 is 0. The molecule has 5 nitrogen and oxygen atoms in total. The van der Waals surface area contributed by atoms with E-state index in [-0.39, 0.29) is 29.3 Å². The van der Waals surface area contributed by atoms with E-state index in [4.69, 9.17) is 9.47 Å². The van der Waals surface area contributed by atoms with Crippen molar-refractivity contribution >= 4 is 11.8 Å². The van der Waals surface area contributed by atoms with Gasteiger partial charge in [-0.15, -0.1) is 0 Å². The lowest BCUT2D eigenvalue weighted by Gasteiger charge is -2.35. The monoisotopic (exact) mass is 498 g/mol. The summed E-state index contributed by atoms with van der Waals surface area (Å²) in [7, 11) is 0. The van der Waals surface area contributed by atoms with Crippen LogP contribution >= 0.6 is 0 Å². The van der Waals surface area contributed by atoms with E-state index in [0.29, 0.717) is 13.0 Å². The Bertz CT molecular complexity index is 969. The first-order valence-electron chi connectivity index (χ1n) is 13.2. The highest BCUT2D eigenvalue weighted by Gasteiger charge is 2.35. The minimum Gasteiger partial charge on any atom is -0.493 e. The number of ether oxygens (including phenoxy) is 2. The lowest BCUT2D eigenvalue weighted by molar-refractivity contribution is -0.132. The predicted molar refractivity (Wildman–Crippen MR) is 148 cm³/mol. The third kappa shape index (κ3) is 7.84. The van der Waals surface area contributed by atoms with Gasteiger partial charge in [0, 0.05) is 5.41 Å². The van der Waals surface area contributed by atoms with E-state index < -0.39 is 11.4 Å². The average Bonchev–Trinajstić information content (AvgIpc) is 2.97. The summed E-state index contributed by atoms with van der Waals surface area (Å²) in [5, 5.41) is 9.36. The lowest BCUT2D eigenvalue weighted by Crippen LogP contribution is -2.29. The zero-order valence-corrected chi connectivity index (χ0v) is 23.7. The minimum absolute atomic E-state index is 0.0497. The third-order valence-corrected chi connectivity index (χ3v) is 6.58. The molecule has 0 fully saturated rings. The van der Waals surface area contributed by atoms with Gasteiger partial charge in [-0.2, -0.15) is 0 Å². The molecule has 0 saturated carbocycles. The average molecular weight is 499 g/mol. The molecule has 0 bridgehead atoms. The molecule has 0 unspecified atom stereocenters. The van der Waals surface area contributed by atoms with Gasteiger partial charge >= 0.3 is 5.97 Å². The van der Waals surface area contributed by atoms with Crippen molar-refractivity contribution in [1.29, 1.82) is 0 Å². The maximum atomic E-state index is 12.4. The number of ketones is 1. The van der Waals surface area contributed by atoms with Crippen LogP contribution in [0.15, 0.2) is 53.8 Å². The number of Topliss-reactive ketones (excluding diaryl/α,β-unsaturated/α-hetero) is 1. The van der Waals surface area contributed by atoms with Crippen LogP contribution in [0.2, 0.25) is 0 Å². The molecule has 0 atom stereocenters. The molecular formula is C31H46O5. The van der Waals surface area contributed by atoms with Crippen LogP contribution in [0.1, 0.15) is 98.6 Å². The molecular weight excluding hydrogens is 452 g/mol. The number of allylic oxidation sites excluding steroid dienone is 3. The zero-order valence-electron chi connectivity index (χ0n) is 23.7. The fraction of sp³-hybridized carbons (Fsp3) is 0.548. The standard InChI is InChI=1S/C29H40O5.C2H6/c1-8-29(9-2,26-14-10-12-21(27(31)32)13-11-17-33-26)22-15-16-24(23(18-22)20(3)4)34-19-25(30)28(5,6)7;1-2/h11-16,18,20H,8-10,17,19H2,1-7H3,(H,31,32);1-2H3/b13-11-,21-12+,26-14-;. The van der Waals surface area contributed by atoms with Gasteiger partial charge in [-0.25, -0.2) is 4.79 Å². The maximum absolute atomic E-state index is 12.4. The molecule has 0 saturated heterocycles. The molecule has 5 heteroatoms. The smallest absolute Gasteiger partial charge is 0.335 e. The Hall–Kier alpha value is -2.82. The highest BCUT2D eigenvalue weighted by Crippen LogP contribution is 2.42. The van der Waals surface area contributed by atoms with Crippen molar-refractivity contribution in [3.63, 3.8) is 0 Å². The third-order valence-electron chi connectivity index (χ3n) is 6.58. The normalized spacial score (nSPS) is 18.1. The van der Waals surface area contributed by atoms with E-state index in [1.54, 1.807) is 18.2 Å². The van der Waals surface area contributed by atoms with E-state index in [2.05, 4.69) is 39.8 Å². The number of carbonyl (C=O) groups excluding carboxylic acids is 1. The minimum atomic E-state index is -0.938. The molecule has 0 aromatic heterocycles. The molecule has 0 radical (unpaired) electrons. The number of carboxylic acid groups (broad SMARTS) is 1. The van der Waals surface area contributed by atoms with Crippen LogP contribution in [0.4, 0.5) is 0 Å². The van der Waals surface area contributed by atoms with Gasteiger partial charge in [0.05, 0.1) is 11.0 Å². The second kappa shape index (κ2) is 14.1. The lowest BCUT2D eigenvalue weighted by atomic mass is 9.73. The molecule has 36 heavy (non-hydrogen) atoms. The van der Waals surface area contributed by atoms with Crippen LogP contribution in [0.3, 0.4) is 0 Å². The van der Waals surface area contributed by atoms with Gasteiger partial charge in [0.15, 0.2) is 5.78 Å². The van der Waals surface area contributed by atoms with E-state index in [0.717, 1.165) is 35.5 Å². The first kappa shape index (κ1) is 31.2. The number of carbonyl (C=O) groups is 2. The van der Waals surface area contributed by atoms with Crippen molar-refractivity contribution in [1.82, 2.24) is 0 Å². The molecule has 1 aliphatic heterocycles. The summed E-state index contributed by atoms with van der Waals surface area (Å²) in [6.45, 7) is 18.6. The first-order valence-corrected chi connectivity index (χ1v) is 13.2. The van der Waals surface area contributed by atoms with Gasteiger partial charge in [-0.1, -0.05) is 80.5 Å². The quantitative estimate of drug-likeness (QED) is 0.377. The number of hydrogen-bond donors (Lipinski definition) is 1. The Morgan fingerprint density at radius 1 is 1.08 bits per heavy atom. The highest BCUT2D eigenvalue weighted by atomic mass is 16.5. The molecule has 0 aliphatic carbocycles. The van der Waals surface area contributed by atoms with Gasteiger partial charge in [-0.05, 0) is 60.6 Å².